The van der Waals surface area contributed by atoms with Crippen LogP contribution < -0.4 is 0 Å². The van der Waals surface area contributed by atoms with Crippen molar-refractivity contribution in [1.29, 1.82) is 0 Å². The Bertz CT molecular complexity index is 639. The number of hydrogen-bond donors (Lipinski definition) is 2. The molecule has 1 aromatic heterocycles. The first kappa shape index (κ1) is 13.6. The standard InChI is InChI=1S/C14H11ClO3S/c1-8-6-13(19-14(8)15)12(18)4-2-9-7-10(16)3-5-11(9)17/h2-7,16-17H,1H3/b4-2+. The minimum absolute atomic E-state index is 0.00208. The molecule has 0 aliphatic rings. The second kappa shape index (κ2) is 5.47. The quantitative estimate of drug-likeness (QED) is 0.511. The number of phenols is 2. The van der Waals surface area contributed by atoms with Crippen LogP contribution in [0, 0.1) is 6.92 Å². The minimum Gasteiger partial charge on any atom is -0.508 e. The van der Waals surface area contributed by atoms with E-state index in [9.17, 15) is 15.0 Å². The molecule has 1 heterocycles. The van der Waals surface area contributed by atoms with E-state index in [1.165, 1.54) is 41.7 Å². The highest BCUT2D eigenvalue weighted by Crippen LogP contribution is 2.28. The van der Waals surface area contributed by atoms with Gasteiger partial charge in [-0.3, -0.25) is 4.79 Å². The van der Waals surface area contributed by atoms with Crippen LogP contribution in [0.25, 0.3) is 6.08 Å². The van der Waals surface area contributed by atoms with Crippen LogP contribution in [0.3, 0.4) is 0 Å². The van der Waals surface area contributed by atoms with E-state index in [2.05, 4.69) is 0 Å². The highest BCUT2D eigenvalue weighted by atomic mass is 35.5. The maximum atomic E-state index is 11.9. The monoisotopic (exact) mass is 294 g/mol. The summed E-state index contributed by atoms with van der Waals surface area (Å²) in [6, 6.07) is 5.84. The Morgan fingerprint density at radius 3 is 2.68 bits per heavy atom. The van der Waals surface area contributed by atoms with Gasteiger partial charge in [-0.25, -0.2) is 0 Å². The van der Waals surface area contributed by atoms with Crippen molar-refractivity contribution >= 4 is 34.8 Å². The molecule has 2 N–H and O–H groups in total. The van der Waals surface area contributed by atoms with Crippen molar-refractivity contribution in [2.45, 2.75) is 6.92 Å². The van der Waals surface area contributed by atoms with Gasteiger partial charge >= 0.3 is 0 Å². The van der Waals surface area contributed by atoms with Crippen molar-refractivity contribution in [2.75, 3.05) is 0 Å². The Balaban J connectivity index is 2.23. The second-order valence-electron chi connectivity index (χ2n) is 4.01. The second-order valence-corrected chi connectivity index (χ2v) is 5.66. The number of aromatic hydroxyl groups is 2. The van der Waals surface area contributed by atoms with Gasteiger partial charge in [0.15, 0.2) is 5.78 Å². The summed E-state index contributed by atoms with van der Waals surface area (Å²) in [4.78, 5) is 12.4. The maximum absolute atomic E-state index is 11.9. The summed E-state index contributed by atoms with van der Waals surface area (Å²) in [5, 5.41) is 18.9. The molecular formula is C14H11ClO3S. The number of rotatable bonds is 3. The maximum Gasteiger partial charge on any atom is 0.195 e. The number of hydrogen-bond acceptors (Lipinski definition) is 4. The fraction of sp³-hybridized carbons (Fsp3) is 0.0714. The van der Waals surface area contributed by atoms with Gasteiger partial charge in [-0.05, 0) is 48.9 Å². The van der Waals surface area contributed by atoms with E-state index in [1.54, 1.807) is 6.07 Å². The average Bonchev–Trinajstić information content (AvgIpc) is 2.70. The summed E-state index contributed by atoms with van der Waals surface area (Å²) in [6.45, 7) is 1.83. The molecular weight excluding hydrogens is 284 g/mol. The van der Waals surface area contributed by atoms with Crippen LogP contribution in [0.5, 0.6) is 11.5 Å². The Kier molecular flexibility index (Phi) is 3.93. The molecule has 19 heavy (non-hydrogen) atoms. The Morgan fingerprint density at radius 2 is 2.05 bits per heavy atom. The molecule has 3 nitrogen and oxygen atoms in total. The number of aryl methyl sites for hydroxylation is 1. The molecule has 0 unspecified atom stereocenters. The number of phenolic OH excluding ortho intramolecular Hbond substituents is 2. The summed E-state index contributed by atoms with van der Waals surface area (Å²) < 4.78 is 0.594. The van der Waals surface area contributed by atoms with Crippen LogP contribution >= 0.6 is 22.9 Å². The molecule has 0 radical (unpaired) electrons. The molecule has 0 fully saturated rings. The predicted molar refractivity (Wildman–Crippen MR) is 77.2 cm³/mol. The molecule has 0 amide bonds. The van der Waals surface area contributed by atoms with Crippen LogP contribution in [0.2, 0.25) is 4.34 Å². The zero-order valence-corrected chi connectivity index (χ0v) is 11.6. The lowest BCUT2D eigenvalue weighted by Crippen LogP contribution is -1.89. The van der Waals surface area contributed by atoms with E-state index in [0.717, 1.165) is 5.56 Å². The topological polar surface area (TPSA) is 57.5 Å². The fourth-order valence-corrected chi connectivity index (χ4v) is 2.63. The molecule has 0 saturated heterocycles. The third-order valence-electron chi connectivity index (χ3n) is 2.53. The number of thiophene rings is 1. The number of benzene rings is 1. The highest BCUT2D eigenvalue weighted by Gasteiger charge is 2.09. The molecule has 0 spiro atoms. The van der Waals surface area contributed by atoms with Gasteiger partial charge in [-0.1, -0.05) is 11.6 Å². The van der Waals surface area contributed by atoms with Gasteiger partial charge < -0.3 is 10.2 Å². The largest absolute Gasteiger partial charge is 0.508 e. The van der Waals surface area contributed by atoms with Crippen LogP contribution in [-0.2, 0) is 0 Å². The normalized spacial score (nSPS) is 11.1. The summed E-state index contributed by atoms with van der Waals surface area (Å²) in [5.41, 5.74) is 1.25. The molecule has 2 rings (SSSR count). The van der Waals surface area contributed by atoms with E-state index in [-0.39, 0.29) is 17.3 Å². The molecule has 0 aliphatic carbocycles. The number of carbonyl (C=O) groups is 1. The fourth-order valence-electron chi connectivity index (χ4n) is 1.50. The number of allylic oxidation sites excluding steroid dienone is 1. The lowest BCUT2D eigenvalue weighted by molar-refractivity contribution is 0.105. The molecule has 0 atom stereocenters. The number of ketones is 1. The Hall–Kier alpha value is -1.78. The van der Waals surface area contributed by atoms with Crippen molar-refractivity contribution in [2.24, 2.45) is 0 Å². The van der Waals surface area contributed by atoms with Crippen molar-refractivity contribution in [1.82, 2.24) is 0 Å². The van der Waals surface area contributed by atoms with Gasteiger partial charge in [0, 0.05) is 5.56 Å². The van der Waals surface area contributed by atoms with Crippen molar-refractivity contribution in [3.05, 3.63) is 50.7 Å². The molecule has 0 saturated carbocycles. The third kappa shape index (κ3) is 3.16. The molecule has 2 aromatic rings. The van der Waals surface area contributed by atoms with Gasteiger partial charge in [0.05, 0.1) is 9.21 Å². The lowest BCUT2D eigenvalue weighted by atomic mass is 10.1. The smallest absolute Gasteiger partial charge is 0.195 e. The van der Waals surface area contributed by atoms with E-state index >= 15 is 0 Å². The summed E-state index contributed by atoms with van der Waals surface area (Å²) >= 11 is 7.12. The van der Waals surface area contributed by atoms with E-state index in [4.69, 9.17) is 11.6 Å². The SMILES string of the molecule is Cc1cc(C(=O)/C=C/c2cc(O)ccc2O)sc1Cl. The van der Waals surface area contributed by atoms with Crippen molar-refractivity contribution in [3.63, 3.8) is 0 Å². The summed E-state index contributed by atoms with van der Waals surface area (Å²) in [5.74, 6) is -0.162. The van der Waals surface area contributed by atoms with Crippen LogP contribution in [0.15, 0.2) is 30.3 Å². The zero-order valence-electron chi connectivity index (χ0n) is 10.1. The first-order valence-corrected chi connectivity index (χ1v) is 6.67. The van der Waals surface area contributed by atoms with Gasteiger partial charge in [-0.15, -0.1) is 11.3 Å². The first-order chi connectivity index (χ1) is 8.97. The van der Waals surface area contributed by atoms with Crippen molar-refractivity contribution < 1.29 is 15.0 Å². The van der Waals surface area contributed by atoms with Crippen LogP contribution in [0.4, 0.5) is 0 Å². The van der Waals surface area contributed by atoms with E-state index < -0.39 is 0 Å². The molecule has 0 bridgehead atoms. The highest BCUT2D eigenvalue weighted by molar-refractivity contribution is 7.18. The van der Waals surface area contributed by atoms with Crippen LogP contribution in [-0.4, -0.2) is 16.0 Å². The molecule has 0 aliphatic heterocycles. The van der Waals surface area contributed by atoms with E-state index in [1.807, 2.05) is 6.92 Å². The predicted octanol–water partition coefficient (Wildman–Crippen LogP) is 4.02. The van der Waals surface area contributed by atoms with Gasteiger partial charge in [0.1, 0.15) is 11.5 Å². The number of carbonyl (C=O) groups excluding carboxylic acids is 1. The van der Waals surface area contributed by atoms with E-state index in [0.29, 0.717) is 14.8 Å². The Labute approximate surface area is 119 Å². The van der Waals surface area contributed by atoms with Gasteiger partial charge in [0.2, 0.25) is 0 Å². The van der Waals surface area contributed by atoms with Gasteiger partial charge in [0.25, 0.3) is 0 Å². The zero-order chi connectivity index (χ0) is 14.0. The molecule has 1 aromatic carbocycles. The minimum atomic E-state index is -0.192. The third-order valence-corrected chi connectivity index (χ3v) is 4.10. The number of halogens is 1. The first-order valence-electron chi connectivity index (χ1n) is 5.47. The molecule has 98 valence electrons. The molecule has 5 heteroatoms. The average molecular weight is 295 g/mol. The van der Waals surface area contributed by atoms with Crippen LogP contribution in [0.1, 0.15) is 20.8 Å². The summed E-state index contributed by atoms with van der Waals surface area (Å²) in [7, 11) is 0. The van der Waals surface area contributed by atoms with Gasteiger partial charge in [-0.2, -0.15) is 0 Å². The van der Waals surface area contributed by atoms with Crippen molar-refractivity contribution in [3.8, 4) is 11.5 Å². The Morgan fingerprint density at radius 1 is 1.32 bits per heavy atom. The summed E-state index contributed by atoms with van der Waals surface area (Å²) in [6.07, 6.45) is 2.80. The lowest BCUT2D eigenvalue weighted by Gasteiger charge is -1.99.